The predicted octanol–water partition coefficient (Wildman–Crippen LogP) is 1.54. The number of nitrogens with one attached hydrogen (secondary N) is 1. The number of amides is 1. The molecule has 1 rings (SSSR count). The maximum atomic E-state index is 11.5. The molecule has 1 aromatic rings. The molecule has 0 heterocycles. The van der Waals surface area contributed by atoms with Crippen molar-refractivity contribution in [3.63, 3.8) is 0 Å². The Morgan fingerprint density at radius 3 is 2.56 bits per heavy atom. The predicted molar refractivity (Wildman–Crippen MR) is 72.7 cm³/mol. The summed E-state index contributed by atoms with van der Waals surface area (Å²) >= 11 is 0. The number of nitrogens with two attached hydrogens (primary N) is 1. The number of carbonyl (C=O) groups excluding carboxylic acids is 1. The molecule has 1 unspecified atom stereocenters. The van der Waals surface area contributed by atoms with E-state index in [1.165, 1.54) is 0 Å². The third kappa shape index (κ3) is 4.75. The molecule has 0 aliphatic carbocycles. The monoisotopic (exact) mass is 250 g/mol. The highest BCUT2D eigenvalue weighted by Crippen LogP contribution is 2.22. The summed E-state index contributed by atoms with van der Waals surface area (Å²) in [4.78, 5) is 11.5. The van der Waals surface area contributed by atoms with Gasteiger partial charge in [-0.05, 0) is 31.9 Å². The van der Waals surface area contributed by atoms with Gasteiger partial charge in [-0.2, -0.15) is 0 Å². The van der Waals surface area contributed by atoms with Gasteiger partial charge in [-0.1, -0.05) is 18.2 Å². The highest BCUT2D eigenvalue weighted by Gasteiger charge is 2.06. The van der Waals surface area contributed by atoms with E-state index in [0.29, 0.717) is 19.6 Å². The summed E-state index contributed by atoms with van der Waals surface area (Å²) in [6, 6.07) is 5.97. The van der Waals surface area contributed by atoms with Crippen LogP contribution >= 0.6 is 0 Å². The lowest BCUT2D eigenvalue weighted by Gasteiger charge is -2.12. The maximum absolute atomic E-state index is 11.5. The van der Waals surface area contributed by atoms with Crippen molar-refractivity contribution in [3.8, 4) is 5.75 Å². The number of aryl methyl sites for hydroxylation is 2. The first-order chi connectivity index (χ1) is 8.50. The van der Waals surface area contributed by atoms with Crippen LogP contribution in [0.1, 0.15) is 24.5 Å². The van der Waals surface area contributed by atoms with Crippen molar-refractivity contribution >= 4 is 5.91 Å². The molecule has 100 valence electrons. The van der Waals surface area contributed by atoms with Crippen LogP contribution in [-0.2, 0) is 4.79 Å². The largest absolute Gasteiger partial charge is 0.493 e. The second kappa shape index (κ2) is 7.01. The lowest BCUT2D eigenvalue weighted by Crippen LogP contribution is -2.35. The van der Waals surface area contributed by atoms with Gasteiger partial charge in [-0.15, -0.1) is 0 Å². The van der Waals surface area contributed by atoms with Gasteiger partial charge in [0, 0.05) is 12.6 Å². The average molecular weight is 250 g/mol. The molecule has 0 aliphatic rings. The first kappa shape index (κ1) is 14.5. The van der Waals surface area contributed by atoms with Gasteiger partial charge in [0.1, 0.15) is 5.75 Å². The highest BCUT2D eigenvalue weighted by molar-refractivity contribution is 5.76. The lowest BCUT2D eigenvalue weighted by atomic mass is 10.1. The fourth-order valence-corrected chi connectivity index (χ4v) is 1.64. The third-order valence-electron chi connectivity index (χ3n) is 2.61. The molecule has 0 saturated carbocycles. The first-order valence-corrected chi connectivity index (χ1v) is 6.22. The van der Waals surface area contributed by atoms with Crippen LogP contribution in [0.2, 0.25) is 0 Å². The van der Waals surface area contributed by atoms with Crippen LogP contribution in [-0.4, -0.2) is 25.1 Å². The van der Waals surface area contributed by atoms with E-state index in [2.05, 4.69) is 5.32 Å². The van der Waals surface area contributed by atoms with E-state index in [4.69, 9.17) is 10.5 Å². The molecule has 4 heteroatoms. The van der Waals surface area contributed by atoms with Crippen LogP contribution in [0.25, 0.3) is 0 Å². The Kier molecular flexibility index (Phi) is 5.65. The fourth-order valence-electron chi connectivity index (χ4n) is 1.64. The second-order valence-electron chi connectivity index (χ2n) is 4.60. The molecule has 0 bridgehead atoms. The van der Waals surface area contributed by atoms with Crippen molar-refractivity contribution in [2.75, 3.05) is 13.2 Å². The Hall–Kier alpha value is -1.55. The zero-order valence-corrected chi connectivity index (χ0v) is 11.3. The van der Waals surface area contributed by atoms with Gasteiger partial charge >= 0.3 is 0 Å². The molecule has 1 amide bonds. The Labute approximate surface area is 109 Å². The number of hydrogen-bond acceptors (Lipinski definition) is 3. The van der Waals surface area contributed by atoms with Crippen LogP contribution < -0.4 is 15.8 Å². The summed E-state index contributed by atoms with van der Waals surface area (Å²) in [5, 5.41) is 2.75. The average Bonchev–Trinajstić information content (AvgIpc) is 2.30. The van der Waals surface area contributed by atoms with Gasteiger partial charge in [0.25, 0.3) is 0 Å². The summed E-state index contributed by atoms with van der Waals surface area (Å²) in [7, 11) is 0. The lowest BCUT2D eigenvalue weighted by molar-refractivity contribution is -0.121. The van der Waals surface area contributed by atoms with E-state index in [1.54, 1.807) is 0 Å². The zero-order valence-electron chi connectivity index (χ0n) is 11.3. The number of rotatable bonds is 6. The van der Waals surface area contributed by atoms with Crippen LogP contribution in [0, 0.1) is 13.8 Å². The summed E-state index contributed by atoms with van der Waals surface area (Å²) in [6.45, 7) is 6.74. The number of para-hydroxylation sites is 1. The maximum Gasteiger partial charge on any atom is 0.223 e. The molecule has 18 heavy (non-hydrogen) atoms. The molecule has 0 aromatic heterocycles. The van der Waals surface area contributed by atoms with Gasteiger partial charge in [-0.3, -0.25) is 4.79 Å². The van der Waals surface area contributed by atoms with Gasteiger partial charge in [0.05, 0.1) is 13.0 Å². The first-order valence-electron chi connectivity index (χ1n) is 6.22. The molecule has 0 saturated heterocycles. The molecule has 0 spiro atoms. The van der Waals surface area contributed by atoms with Crippen molar-refractivity contribution < 1.29 is 9.53 Å². The van der Waals surface area contributed by atoms with Crippen LogP contribution in [0.15, 0.2) is 18.2 Å². The third-order valence-corrected chi connectivity index (χ3v) is 2.61. The standard InChI is InChI=1S/C14H22N2O2/c1-10-5-4-6-11(2)14(10)18-8-7-13(17)16-9-12(3)15/h4-6,12H,7-9,15H2,1-3H3,(H,16,17). The van der Waals surface area contributed by atoms with E-state index in [-0.39, 0.29) is 11.9 Å². The number of benzene rings is 1. The summed E-state index contributed by atoms with van der Waals surface area (Å²) in [5.74, 6) is 0.844. The van der Waals surface area contributed by atoms with E-state index < -0.39 is 0 Å². The van der Waals surface area contributed by atoms with Crippen molar-refractivity contribution in [2.45, 2.75) is 33.2 Å². The second-order valence-corrected chi connectivity index (χ2v) is 4.60. The molecule has 3 N–H and O–H groups in total. The van der Waals surface area contributed by atoms with Crippen molar-refractivity contribution in [1.29, 1.82) is 0 Å². The van der Waals surface area contributed by atoms with E-state index in [0.717, 1.165) is 16.9 Å². The van der Waals surface area contributed by atoms with Gasteiger partial charge in [0.15, 0.2) is 0 Å². The summed E-state index contributed by atoms with van der Waals surface area (Å²) < 4.78 is 5.65. The van der Waals surface area contributed by atoms with Crippen molar-refractivity contribution in [3.05, 3.63) is 29.3 Å². The summed E-state index contributed by atoms with van der Waals surface area (Å²) in [6.07, 6.45) is 0.348. The van der Waals surface area contributed by atoms with Gasteiger partial charge in [-0.25, -0.2) is 0 Å². The van der Waals surface area contributed by atoms with Crippen LogP contribution in [0.4, 0.5) is 0 Å². The topological polar surface area (TPSA) is 64.3 Å². The van der Waals surface area contributed by atoms with Crippen LogP contribution in [0.5, 0.6) is 5.75 Å². The van der Waals surface area contributed by atoms with Crippen LogP contribution in [0.3, 0.4) is 0 Å². The smallest absolute Gasteiger partial charge is 0.223 e. The zero-order chi connectivity index (χ0) is 13.5. The van der Waals surface area contributed by atoms with Crippen molar-refractivity contribution in [1.82, 2.24) is 5.32 Å². The number of hydrogen-bond donors (Lipinski definition) is 2. The quantitative estimate of drug-likeness (QED) is 0.805. The Morgan fingerprint density at radius 2 is 2.00 bits per heavy atom. The minimum atomic E-state index is -0.0291. The van der Waals surface area contributed by atoms with Gasteiger partial charge < -0.3 is 15.8 Å². The molecule has 0 aliphatic heterocycles. The molecule has 4 nitrogen and oxygen atoms in total. The molecular formula is C14H22N2O2. The van der Waals surface area contributed by atoms with Gasteiger partial charge in [0.2, 0.25) is 5.91 Å². The minimum Gasteiger partial charge on any atom is -0.493 e. The molecule has 0 radical (unpaired) electrons. The Balaban J connectivity index is 2.35. The van der Waals surface area contributed by atoms with Crippen molar-refractivity contribution in [2.24, 2.45) is 5.73 Å². The SMILES string of the molecule is Cc1cccc(C)c1OCCC(=O)NCC(C)N. The Morgan fingerprint density at radius 1 is 1.39 bits per heavy atom. The Bertz CT molecular complexity index is 383. The summed E-state index contributed by atoms with van der Waals surface area (Å²) in [5.41, 5.74) is 7.73. The molecule has 1 aromatic carbocycles. The number of ether oxygens (including phenoxy) is 1. The highest BCUT2D eigenvalue weighted by atomic mass is 16.5. The number of carbonyl (C=O) groups is 1. The van der Waals surface area contributed by atoms with E-state index >= 15 is 0 Å². The molecule has 0 fully saturated rings. The fraction of sp³-hybridized carbons (Fsp3) is 0.500. The molecule has 1 atom stereocenters. The normalized spacial score (nSPS) is 12.0. The van der Waals surface area contributed by atoms with E-state index in [1.807, 2.05) is 39.0 Å². The van der Waals surface area contributed by atoms with E-state index in [9.17, 15) is 4.79 Å². The molecular weight excluding hydrogens is 228 g/mol. The minimum absolute atomic E-state index is 0.0199.